The number of fused-ring (bicyclic) bond motifs is 3. The molecule has 1 aliphatic heterocycles. The average molecular weight is 748 g/mol. The second kappa shape index (κ2) is 14.2. The van der Waals surface area contributed by atoms with Gasteiger partial charge in [0.1, 0.15) is 8.07 Å². The Morgan fingerprint density at radius 3 is 1.21 bits per heavy atom. The molecule has 7 aromatic carbocycles. The first kappa shape index (κ1) is 34.3. The third-order valence-electron chi connectivity index (χ3n) is 10.9. The second-order valence-corrected chi connectivity index (χ2v) is 19.2. The fourth-order valence-electron chi connectivity index (χ4n) is 7.97. The summed E-state index contributed by atoms with van der Waals surface area (Å²) in [5.74, 6) is 2.70. The molecule has 0 unspecified atom stereocenters. The SMILES string of the molecule is C[Si]1(C)c2ccccc2-c2c(-c3cccc(-c4cccc(-c5cccc(-c6nc(-c7ccccc7)nc(-c7ccccc7)n6)c5)c4)c3)nc(-c3ccccc3)nc21. The first-order valence-electron chi connectivity index (χ1n) is 19.3. The molecule has 0 radical (unpaired) electrons. The third-order valence-corrected chi connectivity index (χ3v) is 14.2. The first-order valence-corrected chi connectivity index (χ1v) is 22.3. The van der Waals surface area contributed by atoms with Crippen LogP contribution in [0.5, 0.6) is 0 Å². The van der Waals surface area contributed by atoms with Gasteiger partial charge in [-0.25, -0.2) is 24.9 Å². The molecule has 10 rings (SSSR count). The predicted octanol–water partition coefficient (Wildman–Crippen LogP) is 11.1. The Kier molecular flexibility index (Phi) is 8.54. The molecule has 0 fully saturated rings. The van der Waals surface area contributed by atoms with Gasteiger partial charge in [0, 0.05) is 38.7 Å². The zero-order valence-electron chi connectivity index (χ0n) is 31.6. The van der Waals surface area contributed by atoms with Crippen LogP contribution in [0, 0.1) is 0 Å². The highest BCUT2D eigenvalue weighted by Crippen LogP contribution is 2.38. The van der Waals surface area contributed by atoms with E-state index in [0.29, 0.717) is 17.5 Å². The summed E-state index contributed by atoms with van der Waals surface area (Å²) in [5.41, 5.74) is 12.8. The lowest BCUT2D eigenvalue weighted by Crippen LogP contribution is -2.50. The minimum absolute atomic E-state index is 0.633. The summed E-state index contributed by atoms with van der Waals surface area (Å²) >= 11 is 0. The van der Waals surface area contributed by atoms with Gasteiger partial charge in [-0.3, -0.25) is 0 Å². The van der Waals surface area contributed by atoms with Gasteiger partial charge >= 0.3 is 0 Å². The Balaban J connectivity index is 1.05. The van der Waals surface area contributed by atoms with Crippen LogP contribution in [0.25, 0.3) is 90.2 Å². The first-order chi connectivity index (χ1) is 28.0. The van der Waals surface area contributed by atoms with Crippen LogP contribution < -0.4 is 10.5 Å². The average Bonchev–Trinajstić information content (AvgIpc) is 3.52. The van der Waals surface area contributed by atoms with E-state index in [2.05, 4.69) is 134 Å². The van der Waals surface area contributed by atoms with E-state index in [1.807, 2.05) is 66.7 Å². The van der Waals surface area contributed by atoms with Crippen molar-refractivity contribution in [3.8, 4) is 90.2 Å². The normalized spacial score (nSPS) is 12.5. The van der Waals surface area contributed by atoms with E-state index >= 15 is 0 Å². The van der Waals surface area contributed by atoms with E-state index in [9.17, 15) is 0 Å². The van der Waals surface area contributed by atoms with E-state index in [-0.39, 0.29) is 0 Å². The fraction of sp³-hybridized carbons (Fsp3) is 0.0392. The summed E-state index contributed by atoms with van der Waals surface area (Å²) in [6.07, 6.45) is 0. The monoisotopic (exact) mass is 747 g/mol. The lowest BCUT2D eigenvalue weighted by atomic mass is 9.95. The van der Waals surface area contributed by atoms with E-state index in [1.54, 1.807) is 0 Å². The summed E-state index contributed by atoms with van der Waals surface area (Å²) in [6, 6.07) is 65.4. The molecule has 0 aliphatic carbocycles. The minimum atomic E-state index is -2.07. The van der Waals surface area contributed by atoms with Gasteiger partial charge in [-0.15, -0.1) is 0 Å². The topological polar surface area (TPSA) is 64.5 Å². The van der Waals surface area contributed by atoms with Crippen LogP contribution in [0.3, 0.4) is 0 Å². The molecule has 0 N–H and O–H groups in total. The van der Waals surface area contributed by atoms with Crippen LogP contribution in [-0.4, -0.2) is 33.0 Å². The lowest BCUT2D eigenvalue weighted by Gasteiger charge is -2.19. The van der Waals surface area contributed by atoms with Crippen molar-refractivity contribution in [1.29, 1.82) is 0 Å². The number of hydrogen-bond acceptors (Lipinski definition) is 5. The Morgan fingerprint density at radius 1 is 0.316 bits per heavy atom. The summed E-state index contributed by atoms with van der Waals surface area (Å²) in [5, 5.41) is 2.61. The number of aromatic nitrogens is 5. The molecule has 0 saturated carbocycles. The minimum Gasteiger partial charge on any atom is -0.237 e. The van der Waals surface area contributed by atoms with Crippen LogP contribution in [0.4, 0.5) is 0 Å². The molecule has 5 nitrogen and oxygen atoms in total. The van der Waals surface area contributed by atoms with Gasteiger partial charge in [0.2, 0.25) is 0 Å². The number of hydrogen-bond donors (Lipinski definition) is 0. The molecular weight excluding hydrogens is 711 g/mol. The molecule has 0 bridgehead atoms. The smallest absolute Gasteiger partial charge is 0.164 e. The van der Waals surface area contributed by atoms with Gasteiger partial charge in [0.05, 0.1) is 5.69 Å². The molecule has 1 aliphatic rings. The maximum absolute atomic E-state index is 5.33. The predicted molar refractivity (Wildman–Crippen MR) is 236 cm³/mol. The molecule has 6 heteroatoms. The summed E-state index contributed by atoms with van der Waals surface area (Å²) in [4.78, 5) is 25.5. The van der Waals surface area contributed by atoms with Gasteiger partial charge in [0.15, 0.2) is 23.3 Å². The molecule has 9 aromatic rings. The van der Waals surface area contributed by atoms with Crippen molar-refractivity contribution in [3.05, 3.63) is 188 Å². The van der Waals surface area contributed by atoms with Crippen molar-refractivity contribution in [2.75, 3.05) is 0 Å². The van der Waals surface area contributed by atoms with Gasteiger partial charge < -0.3 is 0 Å². The summed E-state index contributed by atoms with van der Waals surface area (Å²) < 4.78 is 0. The summed E-state index contributed by atoms with van der Waals surface area (Å²) in [6.45, 7) is 4.82. The maximum atomic E-state index is 5.33. The molecule has 270 valence electrons. The number of rotatable bonds is 7. The molecule has 3 heterocycles. The highest BCUT2D eigenvalue weighted by molar-refractivity contribution is 7.03. The highest BCUT2D eigenvalue weighted by Gasteiger charge is 2.41. The third kappa shape index (κ3) is 6.36. The van der Waals surface area contributed by atoms with Crippen LogP contribution in [-0.2, 0) is 0 Å². The molecule has 57 heavy (non-hydrogen) atoms. The van der Waals surface area contributed by atoms with Gasteiger partial charge in [-0.05, 0) is 51.2 Å². The van der Waals surface area contributed by atoms with Crippen LogP contribution in [0.1, 0.15) is 0 Å². The largest absolute Gasteiger partial charge is 0.237 e. The molecule has 0 atom stereocenters. The van der Waals surface area contributed by atoms with Crippen LogP contribution in [0.2, 0.25) is 13.1 Å². The Hall–Kier alpha value is -7.15. The molecule has 0 amide bonds. The summed E-state index contributed by atoms with van der Waals surface area (Å²) in [7, 11) is -2.07. The molecular formula is C51H37N5Si. The van der Waals surface area contributed by atoms with Crippen molar-refractivity contribution in [1.82, 2.24) is 24.9 Å². The number of nitrogens with zero attached hydrogens (tertiary/aromatic N) is 5. The second-order valence-electron chi connectivity index (χ2n) is 14.9. The fourth-order valence-corrected chi connectivity index (χ4v) is 10.9. The zero-order valence-corrected chi connectivity index (χ0v) is 32.6. The Labute approximate surface area is 333 Å². The van der Waals surface area contributed by atoms with E-state index in [4.69, 9.17) is 24.9 Å². The number of benzene rings is 7. The molecule has 2 aromatic heterocycles. The quantitative estimate of drug-likeness (QED) is 0.152. The molecule has 0 saturated heterocycles. The van der Waals surface area contributed by atoms with Crippen LogP contribution in [0.15, 0.2) is 188 Å². The van der Waals surface area contributed by atoms with Crippen molar-refractivity contribution < 1.29 is 0 Å². The molecule has 0 spiro atoms. The van der Waals surface area contributed by atoms with Gasteiger partial charge in [-0.2, -0.15) is 0 Å². The zero-order chi connectivity index (χ0) is 38.3. The van der Waals surface area contributed by atoms with E-state index < -0.39 is 8.07 Å². The van der Waals surface area contributed by atoms with Gasteiger partial charge in [0.25, 0.3) is 0 Å². The van der Waals surface area contributed by atoms with Crippen molar-refractivity contribution in [2.24, 2.45) is 0 Å². The van der Waals surface area contributed by atoms with E-state index in [1.165, 1.54) is 21.6 Å². The van der Waals surface area contributed by atoms with Crippen molar-refractivity contribution in [2.45, 2.75) is 13.1 Å². The Morgan fingerprint density at radius 2 is 0.684 bits per heavy atom. The highest BCUT2D eigenvalue weighted by atomic mass is 28.3. The van der Waals surface area contributed by atoms with Crippen molar-refractivity contribution in [3.63, 3.8) is 0 Å². The van der Waals surface area contributed by atoms with E-state index in [0.717, 1.165) is 61.6 Å². The standard InChI is InChI=1S/C51H37N5Si/c1-57(2)44-30-13-12-29-43(44)45-46(52-47(56-51(45)57)34-17-6-3-7-18-34)41-27-15-25-39(32-41)37-23-14-24-38(31-37)40-26-16-28-42(33-40)50-54-48(35-19-8-4-9-20-35)53-49(55-50)36-21-10-5-11-22-36/h3-33H,1-2H3. The lowest BCUT2D eigenvalue weighted by molar-refractivity contribution is 1.07. The van der Waals surface area contributed by atoms with Crippen molar-refractivity contribution >= 4 is 18.6 Å². The van der Waals surface area contributed by atoms with Gasteiger partial charge in [-0.1, -0.05) is 183 Å². The Bertz CT molecular complexity index is 2870. The maximum Gasteiger partial charge on any atom is 0.164 e. The van der Waals surface area contributed by atoms with Crippen LogP contribution >= 0.6 is 0 Å².